The SMILES string of the molecule is CCn1c(CC(=O)Nc2ccc(C)cc2)nnc1SCC(=O)N[C@@H](C)c1ccccc1. The van der Waals surface area contributed by atoms with Gasteiger partial charge in [-0.25, -0.2) is 0 Å². The van der Waals surface area contributed by atoms with Gasteiger partial charge >= 0.3 is 0 Å². The maximum absolute atomic E-state index is 12.4. The highest BCUT2D eigenvalue weighted by Crippen LogP contribution is 2.19. The van der Waals surface area contributed by atoms with E-state index in [0.717, 1.165) is 16.8 Å². The van der Waals surface area contributed by atoms with Gasteiger partial charge in [-0.3, -0.25) is 9.59 Å². The number of amides is 2. The van der Waals surface area contributed by atoms with Crippen LogP contribution in [0, 0.1) is 6.92 Å². The third-order valence-electron chi connectivity index (χ3n) is 4.77. The first kappa shape index (κ1) is 22.6. The molecule has 0 spiro atoms. The Morgan fingerprint density at radius 3 is 2.42 bits per heavy atom. The van der Waals surface area contributed by atoms with E-state index in [1.165, 1.54) is 11.8 Å². The highest BCUT2D eigenvalue weighted by atomic mass is 32.2. The lowest BCUT2D eigenvalue weighted by Gasteiger charge is -2.14. The molecule has 2 N–H and O–H groups in total. The molecule has 1 aromatic heterocycles. The Kier molecular flexibility index (Phi) is 7.83. The van der Waals surface area contributed by atoms with Gasteiger partial charge in [0.05, 0.1) is 18.2 Å². The molecule has 0 aliphatic heterocycles. The van der Waals surface area contributed by atoms with E-state index in [1.807, 2.05) is 79.9 Å². The summed E-state index contributed by atoms with van der Waals surface area (Å²) in [6, 6.07) is 17.4. The van der Waals surface area contributed by atoms with E-state index in [-0.39, 0.29) is 30.0 Å². The van der Waals surface area contributed by atoms with E-state index in [9.17, 15) is 9.59 Å². The Balaban J connectivity index is 1.55. The van der Waals surface area contributed by atoms with Crippen molar-refractivity contribution in [1.82, 2.24) is 20.1 Å². The van der Waals surface area contributed by atoms with Crippen molar-refractivity contribution in [2.75, 3.05) is 11.1 Å². The summed E-state index contributed by atoms with van der Waals surface area (Å²) in [5.74, 6) is 0.570. The normalized spacial score (nSPS) is 11.7. The maximum Gasteiger partial charge on any atom is 0.232 e. The van der Waals surface area contributed by atoms with Crippen LogP contribution in [-0.2, 0) is 22.6 Å². The van der Waals surface area contributed by atoms with Crippen molar-refractivity contribution in [3.63, 3.8) is 0 Å². The van der Waals surface area contributed by atoms with Gasteiger partial charge in [-0.15, -0.1) is 10.2 Å². The fraction of sp³-hybridized carbons (Fsp3) is 0.304. The molecule has 0 bridgehead atoms. The number of rotatable bonds is 9. The Morgan fingerprint density at radius 1 is 1.03 bits per heavy atom. The zero-order chi connectivity index (χ0) is 22.2. The molecule has 31 heavy (non-hydrogen) atoms. The van der Waals surface area contributed by atoms with Crippen molar-refractivity contribution in [3.8, 4) is 0 Å². The number of carbonyl (C=O) groups excluding carboxylic acids is 2. The average molecular weight is 438 g/mol. The van der Waals surface area contributed by atoms with Gasteiger partial charge < -0.3 is 15.2 Å². The summed E-state index contributed by atoms with van der Waals surface area (Å²) in [6.45, 7) is 6.53. The number of benzene rings is 2. The van der Waals surface area contributed by atoms with E-state index >= 15 is 0 Å². The van der Waals surface area contributed by atoms with Gasteiger partial charge in [-0.1, -0.05) is 59.8 Å². The van der Waals surface area contributed by atoms with Crippen molar-refractivity contribution >= 4 is 29.3 Å². The van der Waals surface area contributed by atoms with Gasteiger partial charge in [0.1, 0.15) is 5.82 Å². The maximum atomic E-state index is 12.4. The average Bonchev–Trinajstić information content (AvgIpc) is 3.15. The molecular weight excluding hydrogens is 410 g/mol. The lowest BCUT2D eigenvalue weighted by atomic mass is 10.1. The minimum Gasteiger partial charge on any atom is -0.349 e. The molecule has 3 rings (SSSR count). The van der Waals surface area contributed by atoms with Gasteiger partial charge in [0.2, 0.25) is 11.8 Å². The van der Waals surface area contributed by atoms with Crippen molar-refractivity contribution in [3.05, 3.63) is 71.5 Å². The summed E-state index contributed by atoms with van der Waals surface area (Å²) in [7, 11) is 0. The van der Waals surface area contributed by atoms with Crippen LogP contribution in [0.1, 0.15) is 36.8 Å². The number of thioether (sulfide) groups is 1. The molecule has 0 unspecified atom stereocenters. The first-order valence-electron chi connectivity index (χ1n) is 10.2. The number of anilines is 1. The molecule has 0 saturated carbocycles. The van der Waals surface area contributed by atoms with Crippen molar-refractivity contribution in [2.24, 2.45) is 0 Å². The van der Waals surface area contributed by atoms with E-state index in [2.05, 4.69) is 20.8 Å². The summed E-state index contributed by atoms with van der Waals surface area (Å²) in [4.78, 5) is 24.8. The molecule has 0 fully saturated rings. The van der Waals surface area contributed by atoms with Gasteiger partial charge in [-0.2, -0.15) is 0 Å². The number of aryl methyl sites for hydroxylation is 1. The predicted octanol–water partition coefficient (Wildman–Crippen LogP) is 3.76. The summed E-state index contributed by atoms with van der Waals surface area (Å²) in [5, 5.41) is 14.8. The largest absolute Gasteiger partial charge is 0.349 e. The van der Waals surface area contributed by atoms with Crippen molar-refractivity contribution < 1.29 is 9.59 Å². The Hall–Kier alpha value is -3.13. The number of hydrogen-bond acceptors (Lipinski definition) is 5. The van der Waals surface area contributed by atoms with Gasteiger partial charge in [0.25, 0.3) is 0 Å². The van der Waals surface area contributed by atoms with Gasteiger partial charge in [0.15, 0.2) is 5.16 Å². The zero-order valence-electron chi connectivity index (χ0n) is 18.0. The quantitative estimate of drug-likeness (QED) is 0.498. The Bertz CT molecular complexity index is 1020. The molecule has 2 amide bonds. The molecule has 7 nitrogen and oxygen atoms in total. The number of aromatic nitrogens is 3. The van der Waals surface area contributed by atoms with Gasteiger partial charge in [-0.05, 0) is 38.5 Å². The molecule has 0 aliphatic rings. The fourth-order valence-electron chi connectivity index (χ4n) is 3.10. The van der Waals surface area contributed by atoms with E-state index in [4.69, 9.17) is 0 Å². The predicted molar refractivity (Wildman–Crippen MR) is 123 cm³/mol. The molecule has 8 heteroatoms. The number of nitrogens with one attached hydrogen (secondary N) is 2. The monoisotopic (exact) mass is 437 g/mol. The molecular formula is C23H27N5O2S. The second-order valence-corrected chi connectivity index (χ2v) is 8.17. The Labute approximate surface area is 186 Å². The molecule has 0 aliphatic carbocycles. The van der Waals surface area contributed by atoms with Crippen LogP contribution in [0.4, 0.5) is 5.69 Å². The van der Waals surface area contributed by atoms with E-state index < -0.39 is 0 Å². The second kappa shape index (κ2) is 10.8. The van der Waals surface area contributed by atoms with Crippen LogP contribution < -0.4 is 10.6 Å². The van der Waals surface area contributed by atoms with Crippen LogP contribution in [0.15, 0.2) is 59.8 Å². The molecule has 1 heterocycles. The van der Waals surface area contributed by atoms with Crippen LogP contribution in [0.25, 0.3) is 0 Å². The lowest BCUT2D eigenvalue weighted by molar-refractivity contribution is -0.119. The molecule has 162 valence electrons. The highest BCUT2D eigenvalue weighted by Gasteiger charge is 2.17. The third kappa shape index (κ3) is 6.42. The highest BCUT2D eigenvalue weighted by molar-refractivity contribution is 7.99. The van der Waals surface area contributed by atoms with Crippen LogP contribution in [0.2, 0.25) is 0 Å². The van der Waals surface area contributed by atoms with Crippen LogP contribution in [0.3, 0.4) is 0 Å². The summed E-state index contributed by atoms with van der Waals surface area (Å²) >= 11 is 1.32. The standard InChI is InChI=1S/C23H27N5O2S/c1-4-28-20(14-21(29)25-19-12-10-16(2)11-13-19)26-27-23(28)31-15-22(30)24-17(3)18-8-6-5-7-9-18/h5-13,17H,4,14-15H2,1-3H3,(H,24,30)(H,25,29)/t17-/m0/s1. The number of hydrogen-bond donors (Lipinski definition) is 2. The van der Waals surface area contributed by atoms with Gasteiger partial charge in [0, 0.05) is 12.2 Å². The Morgan fingerprint density at radius 2 is 1.74 bits per heavy atom. The number of nitrogens with zero attached hydrogens (tertiary/aromatic N) is 3. The smallest absolute Gasteiger partial charge is 0.232 e. The first-order chi connectivity index (χ1) is 15.0. The van der Waals surface area contributed by atoms with E-state index in [1.54, 1.807) is 0 Å². The van der Waals surface area contributed by atoms with Crippen LogP contribution in [-0.4, -0.2) is 32.3 Å². The second-order valence-electron chi connectivity index (χ2n) is 7.22. The zero-order valence-corrected chi connectivity index (χ0v) is 18.8. The molecule has 1 atom stereocenters. The summed E-state index contributed by atoms with van der Waals surface area (Å²) in [5.41, 5.74) is 2.93. The molecule has 0 radical (unpaired) electrons. The molecule has 0 saturated heterocycles. The van der Waals surface area contributed by atoms with Crippen molar-refractivity contribution in [2.45, 2.75) is 44.9 Å². The lowest BCUT2D eigenvalue weighted by Crippen LogP contribution is -2.28. The molecule has 2 aromatic carbocycles. The number of carbonyl (C=O) groups is 2. The van der Waals surface area contributed by atoms with E-state index in [0.29, 0.717) is 17.5 Å². The minimum atomic E-state index is -0.156. The van der Waals surface area contributed by atoms with Crippen LogP contribution in [0.5, 0.6) is 0 Å². The summed E-state index contributed by atoms with van der Waals surface area (Å²) < 4.78 is 1.87. The first-order valence-corrected chi connectivity index (χ1v) is 11.2. The third-order valence-corrected chi connectivity index (χ3v) is 5.74. The topological polar surface area (TPSA) is 88.9 Å². The molecule has 3 aromatic rings. The fourth-order valence-corrected chi connectivity index (χ4v) is 3.93. The minimum absolute atomic E-state index is 0.0700. The van der Waals surface area contributed by atoms with Crippen LogP contribution >= 0.6 is 11.8 Å². The van der Waals surface area contributed by atoms with Crippen molar-refractivity contribution in [1.29, 1.82) is 0 Å². The summed E-state index contributed by atoms with van der Waals surface area (Å²) in [6.07, 6.45) is 0.118.